The van der Waals surface area contributed by atoms with Crippen LogP contribution in [0.15, 0.2) is 18.2 Å². The van der Waals surface area contributed by atoms with E-state index in [2.05, 4.69) is 6.58 Å². The van der Waals surface area contributed by atoms with Crippen LogP contribution in [0, 0.1) is 13.8 Å². The highest BCUT2D eigenvalue weighted by atomic mass is 35.5. The molecule has 0 saturated carbocycles. The first-order valence-electron chi connectivity index (χ1n) is 5.97. The van der Waals surface area contributed by atoms with E-state index in [0.29, 0.717) is 22.3 Å². The van der Waals surface area contributed by atoms with Crippen LogP contribution in [0.4, 0.5) is 0 Å². The number of ether oxygens (including phenoxy) is 1. The summed E-state index contributed by atoms with van der Waals surface area (Å²) in [5.74, 6) is -0.568. The summed E-state index contributed by atoms with van der Waals surface area (Å²) >= 11 is 5.98. The van der Waals surface area contributed by atoms with Gasteiger partial charge >= 0.3 is 5.97 Å². The highest BCUT2D eigenvalue weighted by molar-refractivity contribution is 6.34. The Morgan fingerprint density at radius 2 is 1.85 bits per heavy atom. The van der Waals surface area contributed by atoms with E-state index in [9.17, 15) is 15.0 Å². The number of carbonyl (C=O) groups excluding carboxylic acids is 1. The molecule has 0 amide bonds. The molecule has 0 spiro atoms. The minimum absolute atomic E-state index is 0.00669. The van der Waals surface area contributed by atoms with Crippen LogP contribution in [-0.2, 0) is 9.53 Å². The minimum atomic E-state index is -0.493. The summed E-state index contributed by atoms with van der Waals surface area (Å²) in [4.78, 5) is 11.2. The smallest absolute Gasteiger partial charge is 0.333 e. The largest absolute Gasteiger partial charge is 0.507 e. The van der Waals surface area contributed by atoms with Crippen LogP contribution in [0.3, 0.4) is 0 Å². The van der Waals surface area contributed by atoms with Gasteiger partial charge in [0.25, 0.3) is 0 Å². The average Bonchev–Trinajstić information content (AvgIpc) is 2.41. The summed E-state index contributed by atoms with van der Waals surface area (Å²) in [7, 11) is 0. The molecule has 108 valence electrons. The fraction of sp³-hybridized carbons (Fsp3) is 0.267. The number of aromatic hydroxyl groups is 2. The Hall–Kier alpha value is -1.94. The third-order valence-corrected chi connectivity index (χ3v) is 3.30. The number of hydrogen-bond acceptors (Lipinski definition) is 4. The van der Waals surface area contributed by atoms with Crippen molar-refractivity contribution < 1.29 is 19.7 Å². The lowest BCUT2D eigenvalue weighted by Crippen LogP contribution is -2.04. The van der Waals surface area contributed by atoms with Gasteiger partial charge in [-0.2, -0.15) is 0 Å². The van der Waals surface area contributed by atoms with E-state index < -0.39 is 5.97 Å². The standard InChI is InChI=1S/C15H17ClO4/c1-8(2)15(19)20-7-5-6-11-12(16)14(18)10(4)9(3)13(11)17/h5-6,17-18H,1,7H2,2-4H3. The van der Waals surface area contributed by atoms with Gasteiger partial charge in [0, 0.05) is 11.1 Å². The van der Waals surface area contributed by atoms with Crippen LogP contribution >= 0.6 is 11.6 Å². The van der Waals surface area contributed by atoms with E-state index in [-0.39, 0.29) is 23.1 Å². The molecule has 0 saturated heterocycles. The maximum Gasteiger partial charge on any atom is 0.333 e. The number of hydrogen-bond donors (Lipinski definition) is 2. The molecule has 1 aromatic rings. The zero-order chi connectivity index (χ0) is 15.4. The second kappa shape index (κ2) is 6.48. The number of phenols is 2. The van der Waals surface area contributed by atoms with Crippen molar-refractivity contribution in [2.45, 2.75) is 20.8 Å². The highest BCUT2D eigenvalue weighted by Gasteiger charge is 2.15. The molecule has 5 heteroatoms. The molecular weight excluding hydrogens is 280 g/mol. The Morgan fingerprint density at radius 3 is 2.40 bits per heavy atom. The monoisotopic (exact) mass is 296 g/mol. The fourth-order valence-electron chi connectivity index (χ4n) is 1.52. The van der Waals surface area contributed by atoms with E-state index in [1.54, 1.807) is 20.8 Å². The normalized spacial score (nSPS) is 10.8. The van der Waals surface area contributed by atoms with E-state index in [1.807, 2.05) is 0 Å². The molecule has 0 aliphatic heterocycles. The van der Waals surface area contributed by atoms with Crippen molar-refractivity contribution in [1.82, 2.24) is 0 Å². The lowest BCUT2D eigenvalue weighted by molar-refractivity contribution is -0.137. The summed E-state index contributed by atoms with van der Waals surface area (Å²) in [6.45, 7) is 8.38. The first kappa shape index (κ1) is 16.1. The van der Waals surface area contributed by atoms with Gasteiger partial charge in [-0.05, 0) is 38.0 Å². The third kappa shape index (κ3) is 3.33. The van der Waals surface area contributed by atoms with Crippen LogP contribution in [0.25, 0.3) is 6.08 Å². The number of phenolic OH excluding ortho intramolecular Hbond substituents is 2. The molecule has 0 atom stereocenters. The molecule has 1 aromatic carbocycles. The number of halogens is 1. The van der Waals surface area contributed by atoms with Gasteiger partial charge in [-0.15, -0.1) is 0 Å². The van der Waals surface area contributed by atoms with Gasteiger partial charge in [0.1, 0.15) is 18.1 Å². The number of carbonyl (C=O) groups is 1. The second-order valence-electron chi connectivity index (χ2n) is 4.46. The average molecular weight is 297 g/mol. The maximum absolute atomic E-state index is 11.2. The zero-order valence-corrected chi connectivity index (χ0v) is 12.4. The molecule has 0 aliphatic carbocycles. The van der Waals surface area contributed by atoms with Crippen molar-refractivity contribution in [2.24, 2.45) is 0 Å². The first-order chi connectivity index (χ1) is 9.27. The number of benzene rings is 1. The SMILES string of the molecule is C=C(C)C(=O)OCC=Cc1c(O)c(C)c(C)c(O)c1Cl. The maximum atomic E-state index is 11.2. The van der Waals surface area contributed by atoms with Crippen molar-refractivity contribution in [3.05, 3.63) is 39.9 Å². The van der Waals surface area contributed by atoms with Crippen LogP contribution in [0.5, 0.6) is 11.5 Å². The molecule has 20 heavy (non-hydrogen) atoms. The molecule has 0 radical (unpaired) electrons. The Kier molecular flexibility index (Phi) is 5.22. The predicted octanol–water partition coefficient (Wildman–Crippen LogP) is 3.50. The summed E-state index contributed by atoms with van der Waals surface area (Å²) in [5.41, 5.74) is 1.67. The summed E-state index contributed by atoms with van der Waals surface area (Å²) < 4.78 is 4.88. The molecular formula is C15H17ClO4. The van der Waals surface area contributed by atoms with Crippen molar-refractivity contribution >= 4 is 23.6 Å². The highest BCUT2D eigenvalue weighted by Crippen LogP contribution is 2.40. The molecule has 2 N–H and O–H groups in total. The van der Waals surface area contributed by atoms with Gasteiger partial charge in [-0.3, -0.25) is 0 Å². The molecule has 0 unspecified atom stereocenters. The number of esters is 1. The molecule has 0 heterocycles. The Bertz CT molecular complexity index is 559. The van der Waals surface area contributed by atoms with Gasteiger partial charge in [0.15, 0.2) is 0 Å². The second-order valence-corrected chi connectivity index (χ2v) is 4.83. The minimum Gasteiger partial charge on any atom is -0.507 e. The molecule has 0 aliphatic rings. The summed E-state index contributed by atoms with van der Waals surface area (Å²) in [6, 6.07) is 0. The Labute approximate surface area is 123 Å². The molecule has 0 aromatic heterocycles. The summed E-state index contributed by atoms with van der Waals surface area (Å²) in [6.07, 6.45) is 3.02. The van der Waals surface area contributed by atoms with E-state index in [0.717, 1.165) is 0 Å². The molecule has 4 nitrogen and oxygen atoms in total. The van der Waals surface area contributed by atoms with Crippen molar-refractivity contribution in [3.8, 4) is 11.5 Å². The van der Waals surface area contributed by atoms with Gasteiger partial charge in [-0.25, -0.2) is 4.79 Å². The lowest BCUT2D eigenvalue weighted by Gasteiger charge is -2.12. The van der Waals surface area contributed by atoms with E-state index >= 15 is 0 Å². The van der Waals surface area contributed by atoms with Gasteiger partial charge < -0.3 is 14.9 Å². The predicted molar refractivity (Wildman–Crippen MR) is 79.1 cm³/mol. The van der Waals surface area contributed by atoms with Gasteiger partial charge in [0.2, 0.25) is 0 Å². The topological polar surface area (TPSA) is 66.8 Å². The summed E-state index contributed by atoms with van der Waals surface area (Å²) in [5, 5.41) is 19.9. The Balaban J connectivity index is 2.94. The van der Waals surface area contributed by atoms with Crippen LogP contribution in [-0.4, -0.2) is 22.8 Å². The van der Waals surface area contributed by atoms with Crippen molar-refractivity contribution in [2.75, 3.05) is 6.61 Å². The molecule has 0 fully saturated rings. The fourth-order valence-corrected chi connectivity index (χ4v) is 1.81. The van der Waals surface area contributed by atoms with Crippen LogP contribution in [0.2, 0.25) is 5.02 Å². The molecule has 0 bridgehead atoms. The number of rotatable bonds is 4. The van der Waals surface area contributed by atoms with Crippen LogP contribution in [0.1, 0.15) is 23.6 Å². The molecule has 1 rings (SSSR count). The third-order valence-electron chi connectivity index (χ3n) is 2.92. The zero-order valence-electron chi connectivity index (χ0n) is 11.7. The van der Waals surface area contributed by atoms with E-state index in [1.165, 1.54) is 12.2 Å². The first-order valence-corrected chi connectivity index (χ1v) is 6.34. The van der Waals surface area contributed by atoms with Gasteiger partial charge in [-0.1, -0.05) is 24.3 Å². The van der Waals surface area contributed by atoms with Crippen molar-refractivity contribution in [3.63, 3.8) is 0 Å². The van der Waals surface area contributed by atoms with Gasteiger partial charge in [0.05, 0.1) is 5.02 Å². The van der Waals surface area contributed by atoms with Crippen LogP contribution < -0.4 is 0 Å². The van der Waals surface area contributed by atoms with Crippen molar-refractivity contribution in [1.29, 1.82) is 0 Å². The van der Waals surface area contributed by atoms with E-state index in [4.69, 9.17) is 16.3 Å². The Morgan fingerprint density at radius 1 is 1.30 bits per heavy atom. The lowest BCUT2D eigenvalue weighted by atomic mass is 10.0. The quantitative estimate of drug-likeness (QED) is 0.507.